The number of hydrogen-bond acceptors (Lipinski definition) is 3. The second-order valence-corrected chi connectivity index (χ2v) is 6.70. The van der Waals surface area contributed by atoms with Crippen molar-refractivity contribution in [3.8, 4) is 0 Å². The van der Waals surface area contributed by atoms with Crippen LogP contribution in [0.1, 0.15) is 39.8 Å². The van der Waals surface area contributed by atoms with Crippen LogP contribution in [0.2, 0.25) is 0 Å². The maximum Gasteiger partial charge on any atom is 0.263 e. The van der Waals surface area contributed by atoms with Gasteiger partial charge in [-0.3, -0.25) is 4.79 Å². The number of thiazole rings is 1. The Labute approximate surface area is 130 Å². The molecule has 1 amide bonds. The first-order valence-electron chi connectivity index (χ1n) is 7.34. The van der Waals surface area contributed by atoms with Crippen molar-refractivity contribution in [1.29, 1.82) is 0 Å². The minimum absolute atomic E-state index is 0.00376. The van der Waals surface area contributed by atoms with Crippen molar-refractivity contribution >= 4 is 17.2 Å². The summed E-state index contributed by atoms with van der Waals surface area (Å²) in [7, 11) is 0. The molecule has 0 fully saturated rings. The Morgan fingerprint density at radius 1 is 1.29 bits per heavy atom. The molecule has 2 aromatic rings. The molecule has 0 radical (unpaired) electrons. The average molecular weight is 302 g/mol. The number of rotatable bonds is 6. The lowest BCUT2D eigenvalue weighted by molar-refractivity contribution is 0.0957. The van der Waals surface area contributed by atoms with Crippen LogP contribution in [-0.4, -0.2) is 17.4 Å². The van der Waals surface area contributed by atoms with E-state index < -0.39 is 0 Å². The second kappa shape index (κ2) is 7.36. The highest BCUT2D eigenvalue weighted by Crippen LogP contribution is 2.20. The molecule has 1 heterocycles. The molecule has 0 unspecified atom stereocenters. The number of hydrogen-bond donors (Lipinski definition) is 1. The van der Waals surface area contributed by atoms with Gasteiger partial charge in [0.05, 0.1) is 10.7 Å². The van der Waals surface area contributed by atoms with Crippen LogP contribution in [0.4, 0.5) is 0 Å². The lowest BCUT2D eigenvalue weighted by Gasteiger charge is -2.04. The summed E-state index contributed by atoms with van der Waals surface area (Å²) >= 11 is 1.52. The monoisotopic (exact) mass is 302 g/mol. The maximum absolute atomic E-state index is 12.2. The Hall–Kier alpha value is -1.68. The first-order chi connectivity index (χ1) is 10.1. The molecule has 0 bridgehead atoms. The molecule has 1 aromatic heterocycles. The Balaban J connectivity index is 1.90. The van der Waals surface area contributed by atoms with Gasteiger partial charge in [0.1, 0.15) is 4.88 Å². The minimum atomic E-state index is -0.00376. The summed E-state index contributed by atoms with van der Waals surface area (Å²) in [5.41, 5.74) is 2.08. The summed E-state index contributed by atoms with van der Waals surface area (Å²) in [6.07, 6.45) is 1.78. The fourth-order valence-corrected chi connectivity index (χ4v) is 3.34. The molecule has 0 saturated carbocycles. The molecule has 4 heteroatoms. The van der Waals surface area contributed by atoms with Crippen LogP contribution in [-0.2, 0) is 12.8 Å². The minimum Gasteiger partial charge on any atom is -0.351 e. The van der Waals surface area contributed by atoms with E-state index >= 15 is 0 Å². The molecule has 0 aliphatic rings. The fraction of sp³-hybridized carbons (Fsp3) is 0.412. The summed E-state index contributed by atoms with van der Waals surface area (Å²) in [6.45, 7) is 6.89. The van der Waals surface area contributed by atoms with Crippen molar-refractivity contribution in [1.82, 2.24) is 10.3 Å². The van der Waals surface area contributed by atoms with Gasteiger partial charge in [0.15, 0.2) is 0 Å². The number of aryl methyl sites for hydroxylation is 1. The highest BCUT2D eigenvalue weighted by atomic mass is 32.1. The van der Waals surface area contributed by atoms with Gasteiger partial charge >= 0.3 is 0 Å². The van der Waals surface area contributed by atoms with Crippen LogP contribution in [0.5, 0.6) is 0 Å². The van der Waals surface area contributed by atoms with Crippen molar-refractivity contribution in [2.45, 2.75) is 33.6 Å². The van der Waals surface area contributed by atoms with Crippen LogP contribution in [0, 0.1) is 12.8 Å². The van der Waals surface area contributed by atoms with Crippen molar-refractivity contribution in [2.75, 3.05) is 6.54 Å². The molecule has 112 valence electrons. The molecular weight excluding hydrogens is 280 g/mol. The highest BCUT2D eigenvalue weighted by Gasteiger charge is 2.15. The SMILES string of the molecule is Cc1nc(CC(C)C)sc1C(=O)NCCc1ccccc1. The van der Waals surface area contributed by atoms with E-state index in [0.29, 0.717) is 12.5 Å². The molecule has 2 rings (SSSR count). The van der Waals surface area contributed by atoms with Gasteiger partial charge in [-0.25, -0.2) is 4.98 Å². The topological polar surface area (TPSA) is 42.0 Å². The summed E-state index contributed by atoms with van der Waals surface area (Å²) in [5.74, 6) is 0.556. The molecule has 0 atom stereocenters. The number of nitrogens with one attached hydrogen (secondary N) is 1. The summed E-state index contributed by atoms with van der Waals surface area (Å²) < 4.78 is 0. The largest absolute Gasteiger partial charge is 0.351 e. The van der Waals surface area contributed by atoms with Crippen LogP contribution in [0.25, 0.3) is 0 Å². The van der Waals surface area contributed by atoms with Gasteiger partial charge in [-0.05, 0) is 24.8 Å². The predicted molar refractivity (Wildman–Crippen MR) is 87.9 cm³/mol. The number of aromatic nitrogens is 1. The van der Waals surface area contributed by atoms with Gasteiger partial charge in [0.2, 0.25) is 0 Å². The lowest BCUT2D eigenvalue weighted by Crippen LogP contribution is -2.25. The van der Waals surface area contributed by atoms with Gasteiger partial charge in [-0.15, -0.1) is 11.3 Å². The third-order valence-corrected chi connectivity index (χ3v) is 4.35. The Bertz CT molecular complexity index is 590. The third-order valence-electron chi connectivity index (χ3n) is 3.17. The van der Waals surface area contributed by atoms with Crippen LogP contribution >= 0.6 is 11.3 Å². The van der Waals surface area contributed by atoms with Gasteiger partial charge in [-0.2, -0.15) is 0 Å². The van der Waals surface area contributed by atoms with E-state index in [4.69, 9.17) is 0 Å². The zero-order valence-corrected chi connectivity index (χ0v) is 13.7. The molecule has 0 aliphatic heterocycles. The Kier molecular flexibility index (Phi) is 5.51. The van der Waals surface area contributed by atoms with Gasteiger partial charge in [0, 0.05) is 13.0 Å². The average Bonchev–Trinajstić information content (AvgIpc) is 2.80. The number of benzene rings is 1. The van der Waals surface area contributed by atoms with E-state index in [2.05, 4.69) is 36.3 Å². The molecule has 0 aliphatic carbocycles. The number of nitrogens with zero attached hydrogens (tertiary/aromatic N) is 1. The number of carbonyl (C=O) groups excluding carboxylic acids is 1. The van der Waals surface area contributed by atoms with E-state index in [1.54, 1.807) is 0 Å². The van der Waals surface area contributed by atoms with Crippen LogP contribution in [0.15, 0.2) is 30.3 Å². The lowest BCUT2D eigenvalue weighted by atomic mass is 10.1. The van der Waals surface area contributed by atoms with Crippen molar-refractivity contribution in [2.24, 2.45) is 5.92 Å². The molecule has 3 nitrogen and oxygen atoms in total. The molecule has 0 spiro atoms. The zero-order valence-electron chi connectivity index (χ0n) is 12.8. The third kappa shape index (κ3) is 4.67. The van der Waals surface area contributed by atoms with E-state index in [0.717, 1.165) is 28.4 Å². The van der Waals surface area contributed by atoms with E-state index in [1.807, 2.05) is 25.1 Å². The quantitative estimate of drug-likeness (QED) is 0.885. The number of amides is 1. The Morgan fingerprint density at radius 3 is 2.67 bits per heavy atom. The molecule has 1 aromatic carbocycles. The standard InChI is InChI=1S/C17H22N2OS/c1-12(2)11-15-19-13(3)16(21-15)17(20)18-10-9-14-7-5-4-6-8-14/h4-8,12H,9-11H2,1-3H3,(H,18,20). The van der Waals surface area contributed by atoms with Gasteiger partial charge < -0.3 is 5.32 Å². The molecule has 1 N–H and O–H groups in total. The van der Waals surface area contributed by atoms with E-state index in [-0.39, 0.29) is 5.91 Å². The molecular formula is C17H22N2OS. The van der Waals surface area contributed by atoms with E-state index in [9.17, 15) is 4.79 Å². The van der Waals surface area contributed by atoms with Crippen molar-refractivity contribution in [3.05, 3.63) is 51.5 Å². The van der Waals surface area contributed by atoms with Crippen LogP contribution < -0.4 is 5.32 Å². The van der Waals surface area contributed by atoms with Gasteiger partial charge in [-0.1, -0.05) is 44.2 Å². The summed E-state index contributed by atoms with van der Waals surface area (Å²) in [4.78, 5) is 17.5. The predicted octanol–water partition coefficient (Wildman–Crippen LogP) is 3.62. The molecule has 21 heavy (non-hydrogen) atoms. The van der Waals surface area contributed by atoms with Gasteiger partial charge in [0.25, 0.3) is 5.91 Å². The van der Waals surface area contributed by atoms with Crippen molar-refractivity contribution < 1.29 is 4.79 Å². The smallest absolute Gasteiger partial charge is 0.263 e. The summed E-state index contributed by atoms with van der Waals surface area (Å²) in [6, 6.07) is 10.2. The first-order valence-corrected chi connectivity index (χ1v) is 8.16. The van der Waals surface area contributed by atoms with Crippen LogP contribution in [0.3, 0.4) is 0 Å². The maximum atomic E-state index is 12.2. The van der Waals surface area contributed by atoms with Crippen molar-refractivity contribution in [3.63, 3.8) is 0 Å². The fourth-order valence-electron chi connectivity index (χ4n) is 2.14. The second-order valence-electron chi connectivity index (χ2n) is 5.61. The molecule has 0 saturated heterocycles. The van der Waals surface area contributed by atoms with E-state index in [1.165, 1.54) is 16.9 Å². The summed E-state index contributed by atoms with van der Waals surface area (Å²) in [5, 5.41) is 4.04. The Morgan fingerprint density at radius 2 is 2.00 bits per heavy atom. The zero-order chi connectivity index (χ0) is 15.2. The normalized spacial score (nSPS) is 10.9. The number of carbonyl (C=O) groups is 1. The highest BCUT2D eigenvalue weighted by molar-refractivity contribution is 7.13. The first kappa shape index (κ1) is 15.7.